The zero-order valence-electron chi connectivity index (χ0n) is 10.8. The van der Waals surface area contributed by atoms with Crippen LogP contribution in [-0.2, 0) is 16.0 Å². The van der Waals surface area contributed by atoms with Crippen molar-refractivity contribution in [3.63, 3.8) is 0 Å². The van der Waals surface area contributed by atoms with Gasteiger partial charge in [0.1, 0.15) is 6.54 Å². The van der Waals surface area contributed by atoms with Crippen molar-refractivity contribution in [2.45, 2.75) is 6.42 Å². The third-order valence-electron chi connectivity index (χ3n) is 2.63. The van der Waals surface area contributed by atoms with Crippen LogP contribution in [0, 0.1) is 0 Å². The van der Waals surface area contributed by atoms with Crippen molar-refractivity contribution in [1.82, 2.24) is 4.98 Å². The summed E-state index contributed by atoms with van der Waals surface area (Å²) in [6, 6.07) is 6.39. The van der Waals surface area contributed by atoms with Gasteiger partial charge in [-0.15, -0.1) is 11.3 Å². The third-order valence-corrected chi connectivity index (χ3v) is 3.61. The lowest BCUT2D eigenvalue weighted by atomic mass is 10.2. The quantitative estimate of drug-likeness (QED) is 0.876. The van der Waals surface area contributed by atoms with Crippen LogP contribution in [0.3, 0.4) is 0 Å². The molecule has 0 fully saturated rings. The van der Waals surface area contributed by atoms with E-state index >= 15 is 0 Å². The van der Waals surface area contributed by atoms with E-state index in [1.54, 1.807) is 29.6 Å². The second-order valence-electron chi connectivity index (χ2n) is 4.20. The Balaban J connectivity index is 2.20. The maximum Gasteiger partial charge on any atom is 0.323 e. The second-order valence-corrected chi connectivity index (χ2v) is 5.53. The zero-order chi connectivity index (χ0) is 15.4. The summed E-state index contributed by atoms with van der Waals surface area (Å²) in [5, 5.41) is 11.5. The molecule has 3 N–H and O–H groups in total. The summed E-state index contributed by atoms with van der Waals surface area (Å²) in [4.78, 5) is 28.4. The molecule has 0 atom stereocenters. The van der Waals surface area contributed by atoms with Gasteiger partial charge in [0.2, 0.25) is 5.91 Å². The van der Waals surface area contributed by atoms with Crippen molar-refractivity contribution in [3.8, 4) is 0 Å². The van der Waals surface area contributed by atoms with Gasteiger partial charge in [-0.1, -0.05) is 11.6 Å². The lowest BCUT2D eigenvalue weighted by Crippen LogP contribution is -2.36. The van der Waals surface area contributed by atoms with Gasteiger partial charge in [-0.25, -0.2) is 4.98 Å². The number of amides is 1. The van der Waals surface area contributed by atoms with Gasteiger partial charge >= 0.3 is 5.97 Å². The number of hydrogen-bond acceptors (Lipinski definition) is 5. The van der Waals surface area contributed by atoms with Crippen LogP contribution < -0.4 is 10.6 Å². The van der Waals surface area contributed by atoms with E-state index in [0.717, 1.165) is 0 Å². The number of nitrogens with zero attached hydrogens (tertiary/aromatic N) is 2. The summed E-state index contributed by atoms with van der Waals surface area (Å²) in [5.74, 6) is -1.47. The van der Waals surface area contributed by atoms with Crippen LogP contribution in [0.5, 0.6) is 0 Å². The third kappa shape index (κ3) is 4.17. The number of nitrogens with two attached hydrogens (primary N) is 1. The number of carbonyl (C=O) groups is 2. The number of rotatable bonds is 5. The first-order valence-electron chi connectivity index (χ1n) is 5.93. The number of carboxylic acids is 1. The van der Waals surface area contributed by atoms with E-state index in [2.05, 4.69) is 4.98 Å². The van der Waals surface area contributed by atoms with Crippen LogP contribution in [0.15, 0.2) is 29.6 Å². The molecule has 2 rings (SSSR count). The summed E-state index contributed by atoms with van der Waals surface area (Å²) >= 11 is 7.02. The molecule has 2 aromatic rings. The number of nitrogen functional groups attached to an aromatic ring is 1. The van der Waals surface area contributed by atoms with E-state index in [9.17, 15) is 9.59 Å². The van der Waals surface area contributed by atoms with Crippen molar-refractivity contribution in [1.29, 1.82) is 0 Å². The minimum atomic E-state index is -1.10. The fourth-order valence-electron chi connectivity index (χ4n) is 1.73. The van der Waals surface area contributed by atoms with Crippen molar-refractivity contribution in [3.05, 3.63) is 40.4 Å². The second kappa shape index (κ2) is 6.55. The highest BCUT2D eigenvalue weighted by Gasteiger charge is 2.20. The van der Waals surface area contributed by atoms with Crippen molar-refractivity contribution in [2.75, 3.05) is 17.2 Å². The summed E-state index contributed by atoms with van der Waals surface area (Å²) in [6.07, 6.45) is -0.0103. The lowest BCUT2D eigenvalue weighted by Gasteiger charge is -2.20. The highest BCUT2D eigenvalue weighted by atomic mass is 35.5. The molecule has 0 spiro atoms. The van der Waals surface area contributed by atoms with Crippen molar-refractivity contribution >= 4 is 45.6 Å². The molecule has 110 valence electrons. The average Bonchev–Trinajstić information content (AvgIpc) is 2.82. The van der Waals surface area contributed by atoms with Crippen molar-refractivity contribution in [2.24, 2.45) is 0 Å². The molecule has 1 aromatic carbocycles. The molecular weight excluding hydrogens is 314 g/mol. The standard InChI is InChI=1S/C13H12ClN3O3S/c14-8-1-3-10(4-2-8)17(6-12(19)20)11(18)5-9-7-21-13(15)16-9/h1-4,7H,5-6H2,(H2,15,16)(H,19,20). The molecule has 0 saturated heterocycles. The van der Waals surface area contributed by atoms with Gasteiger partial charge in [-0.3, -0.25) is 9.59 Å². The SMILES string of the molecule is Nc1nc(CC(=O)N(CC(=O)O)c2ccc(Cl)cc2)cs1. The number of benzene rings is 1. The first-order chi connectivity index (χ1) is 9.95. The van der Waals surface area contributed by atoms with Gasteiger partial charge in [0.05, 0.1) is 12.1 Å². The van der Waals surface area contributed by atoms with E-state index in [1.165, 1.54) is 16.2 Å². The monoisotopic (exact) mass is 325 g/mol. The molecule has 0 unspecified atom stereocenters. The molecule has 0 saturated carbocycles. The van der Waals surface area contributed by atoms with Gasteiger partial charge < -0.3 is 15.7 Å². The van der Waals surface area contributed by atoms with Crippen molar-refractivity contribution < 1.29 is 14.7 Å². The molecule has 0 aliphatic rings. The fourth-order valence-corrected chi connectivity index (χ4v) is 2.42. The molecular formula is C13H12ClN3O3S. The van der Waals surface area contributed by atoms with E-state index in [0.29, 0.717) is 21.5 Å². The molecule has 0 radical (unpaired) electrons. The van der Waals surface area contributed by atoms with Gasteiger partial charge in [-0.05, 0) is 24.3 Å². The molecule has 0 bridgehead atoms. The Labute approximate surface area is 129 Å². The lowest BCUT2D eigenvalue weighted by molar-refractivity contribution is -0.136. The Morgan fingerprint density at radius 2 is 2.00 bits per heavy atom. The Morgan fingerprint density at radius 3 is 2.52 bits per heavy atom. The Morgan fingerprint density at radius 1 is 1.33 bits per heavy atom. The van der Waals surface area contributed by atoms with Crippen LogP contribution in [0.4, 0.5) is 10.8 Å². The largest absolute Gasteiger partial charge is 0.480 e. The predicted molar refractivity (Wildman–Crippen MR) is 81.7 cm³/mol. The van der Waals surface area contributed by atoms with Gasteiger partial charge in [-0.2, -0.15) is 0 Å². The summed E-state index contributed by atoms with van der Waals surface area (Å²) in [6.45, 7) is -0.430. The molecule has 1 aromatic heterocycles. The van der Waals surface area contributed by atoms with Crippen LogP contribution in [0.25, 0.3) is 0 Å². The Hall–Kier alpha value is -2.12. The number of carbonyl (C=O) groups excluding carboxylic acids is 1. The number of aliphatic carboxylic acids is 1. The minimum absolute atomic E-state index is 0.0103. The number of carboxylic acid groups (broad SMARTS) is 1. The summed E-state index contributed by atoms with van der Waals surface area (Å²) < 4.78 is 0. The van der Waals surface area contributed by atoms with E-state index < -0.39 is 12.5 Å². The molecule has 0 aliphatic heterocycles. The maximum absolute atomic E-state index is 12.3. The molecule has 6 nitrogen and oxygen atoms in total. The molecule has 21 heavy (non-hydrogen) atoms. The van der Waals surface area contributed by atoms with E-state index in [4.69, 9.17) is 22.4 Å². The van der Waals surface area contributed by atoms with Crippen LogP contribution in [-0.4, -0.2) is 28.5 Å². The fraction of sp³-hybridized carbons (Fsp3) is 0.154. The first-order valence-corrected chi connectivity index (χ1v) is 7.19. The van der Waals surface area contributed by atoms with Crippen LogP contribution in [0.1, 0.15) is 5.69 Å². The normalized spacial score (nSPS) is 10.3. The summed E-state index contributed by atoms with van der Waals surface area (Å²) in [7, 11) is 0. The average molecular weight is 326 g/mol. The number of halogens is 1. The molecule has 0 aliphatic carbocycles. The zero-order valence-corrected chi connectivity index (χ0v) is 12.4. The van der Waals surface area contributed by atoms with Gasteiger partial charge in [0.25, 0.3) is 0 Å². The van der Waals surface area contributed by atoms with Crippen LogP contribution >= 0.6 is 22.9 Å². The van der Waals surface area contributed by atoms with E-state index in [1.807, 2.05) is 0 Å². The highest BCUT2D eigenvalue weighted by molar-refractivity contribution is 7.13. The van der Waals surface area contributed by atoms with Gasteiger partial charge in [0.15, 0.2) is 5.13 Å². The first kappa shape index (κ1) is 15.3. The minimum Gasteiger partial charge on any atom is -0.480 e. The maximum atomic E-state index is 12.3. The predicted octanol–water partition coefficient (Wildman–Crippen LogP) is 2.04. The Kier molecular flexibility index (Phi) is 4.77. The molecule has 8 heteroatoms. The topological polar surface area (TPSA) is 96.5 Å². The molecule has 1 heterocycles. The van der Waals surface area contributed by atoms with Crippen LogP contribution in [0.2, 0.25) is 5.02 Å². The number of anilines is 2. The smallest absolute Gasteiger partial charge is 0.323 e. The van der Waals surface area contributed by atoms with Gasteiger partial charge in [0, 0.05) is 16.1 Å². The summed E-state index contributed by atoms with van der Waals surface area (Å²) in [5.41, 5.74) is 6.50. The number of thiazole rings is 1. The number of hydrogen-bond donors (Lipinski definition) is 2. The Bertz CT molecular complexity index is 657. The highest BCUT2D eigenvalue weighted by Crippen LogP contribution is 2.20. The van der Waals surface area contributed by atoms with E-state index in [-0.39, 0.29) is 12.3 Å². The number of aromatic nitrogens is 1. The molecule has 1 amide bonds.